The fraction of sp³-hybridized carbons (Fsp3) is 0.464. The van der Waals surface area contributed by atoms with Crippen LogP contribution in [0.1, 0.15) is 27.0 Å². The Balaban J connectivity index is 1.39. The molecule has 2 aromatic rings. The largest absolute Gasteiger partial charge is 0.508 e. The summed E-state index contributed by atoms with van der Waals surface area (Å²) in [5.74, 6) is -1.96. The van der Waals surface area contributed by atoms with Gasteiger partial charge in [-0.15, -0.1) is 0 Å². The van der Waals surface area contributed by atoms with Gasteiger partial charge in [0.2, 0.25) is 12.1 Å². The maximum absolute atomic E-state index is 13.6. The normalized spacial score (nSPS) is 33.1. The van der Waals surface area contributed by atoms with Gasteiger partial charge >= 0.3 is 0 Å². The number of carbonyl (C=O) groups excluding carboxylic acids is 1. The van der Waals surface area contributed by atoms with Gasteiger partial charge in [-0.3, -0.25) is 4.79 Å². The van der Waals surface area contributed by atoms with Crippen molar-refractivity contribution in [2.45, 2.75) is 68.7 Å². The molecule has 0 aromatic heterocycles. The van der Waals surface area contributed by atoms with Crippen molar-refractivity contribution >= 4 is 11.4 Å². The van der Waals surface area contributed by atoms with E-state index in [9.17, 15) is 50.8 Å². The summed E-state index contributed by atoms with van der Waals surface area (Å²) in [4.78, 5) is 13.6. The maximum Gasteiger partial charge on any atom is 0.232 e. The first-order chi connectivity index (χ1) is 19.9. The second kappa shape index (κ2) is 11.8. The van der Waals surface area contributed by atoms with Gasteiger partial charge in [-0.25, -0.2) is 0 Å². The number of aromatic hydroxyl groups is 3. The molecule has 14 nitrogen and oxygen atoms in total. The van der Waals surface area contributed by atoms with Crippen LogP contribution in [0.25, 0.3) is 5.57 Å². The molecule has 2 saturated heterocycles. The van der Waals surface area contributed by atoms with Crippen LogP contribution in [0.2, 0.25) is 0 Å². The van der Waals surface area contributed by atoms with Gasteiger partial charge in [-0.2, -0.15) is 0 Å². The number of phenolic OH excluding ortho intramolecular Hbond substituents is 3. The van der Waals surface area contributed by atoms with Crippen molar-refractivity contribution in [3.63, 3.8) is 0 Å². The second-order valence-corrected chi connectivity index (χ2v) is 10.5. The van der Waals surface area contributed by atoms with Gasteiger partial charge in [-0.1, -0.05) is 12.1 Å². The zero-order valence-electron chi connectivity index (χ0n) is 22.3. The molecular formula is C28H32O14. The third kappa shape index (κ3) is 5.44. The molecule has 1 aliphatic carbocycles. The fourth-order valence-electron chi connectivity index (χ4n) is 5.21. The minimum atomic E-state index is -1.70. The van der Waals surface area contributed by atoms with Crippen molar-refractivity contribution in [2.75, 3.05) is 13.2 Å². The Morgan fingerprint density at radius 2 is 1.50 bits per heavy atom. The van der Waals surface area contributed by atoms with Crippen LogP contribution < -0.4 is 0 Å². The van der Waals surface area contributed by atoms with E-state index in [2.05, 4.69) is 0 Å². The molecule has 0 unspecified atom stereocenters. The van der Waals surface area contributed by atoms with Gasteiger partial charge in [0.1, 0.15) is 60.0 Å². The molecule has 14 heteroatoms. The molecule has 9 N–H and O–H groups in total. The lowest BCUT2D eigenvalue weighted by Crippen LogP contribution is -2.59. The number of fused-ring (bicyclic) bond motifs is 1. The summed E-state index contributed by atoms with van der Waals surface area (Å²) in [5.41, 5.74) is 1.35. The number of ketones is 1. The molecule has 0 radical (unpaired) electrons. The molecule has 0 saturated carbocycles. The molecule has 2 heterocycles. The molecule has 2 aromatic carbocycles. The highest BCUT2D eigenvalue weighted by Gasteiger charge is 2.48. The molecule has 5 rings (SSSR count). The number of hydrogen-bond acceptors (Lipinski definition) is 14. The minimum absolute atomic E-state index is 0.0180. The fourth-order valence-corrected chi connectivity index (χ4v) is 5.21. The highest BCUT2D eigenvalue weighted by atomic mass is 16.7. The van der Waals surface area contributed by atoms with Crippen LogP contribution in [0.5, 0.6) is 17.2 Å². The number of ether oxygens (including phenoxy) is 4. The Hall–Kier alpha value is -3.31. The Labute approximate surface area is 238 Å². The number of hydrogen-bond donors (Lipinski definition) is 9. The maximum atomic E-state index is 13.6. The van der Waals surface area contributed by atoms with E-state index >= 15 is 0 Å². The number of allylic oxidation sites excluding steroid dienone is 2. The lowest BCUT2D eigenvalue weighted by molar-refractivity contribution is -0.306. The summed E-state index contributed by atoms with van der Waals surface area (Å²) in [7, 11) is 0. The summed E-state index contributed by atoms with van der Waals surface area (Å²) in [6, 6.07) is 6.97. The van der Waals surface area contributed by atoms with Gasteiger partial charge in [-0.05, 0) is 35.7 Å². The van der Waals surface area contributed by atoms with Crippen molar-refractivity contribution in [1.29, 1.82) is 0 Å². The third-order valence-electron chi connectivity index (χ3n) is 7.64. The lowest BCUT2D eigenvalue weighted by atomic mass is 9.85. The average Bonchev–Trinajstić information content (AvgIpc) is 3.21. The first-order valence-corrected chi connectivity index (χ1v) is 13.1. The van der Waals surface area contributed by atoms with E-state index in [0.717, 1.165) is 6.07 Å². The number of aryl methyl sites for hydroxylation is 1. The Bertz CT molecular complexity index is 1370. The highest BCUT2D eigenvalue weighted by molar-refractivity contribution is 6.16. The number of aliphatic hydroxyl groups is 6. The standard InChI is InChI=1S/C28H32O14/c1-10-2-3-11(6-15(10)31)14-5-12-4-13(30)7-16(32)19(12)22(35)26(14)42-28-24(37)21(34)18(41-28)9-39-27-25(38)23(36)20(33)17(8-29)40-27/h2-4,6-7,17-18,20-21,23-25,27-34,36-38H,5,8-9H2,1H3/t17-,18-,20-,21-,23+,24+,25-,27+,28-/m1/s1. The summed E-state index contributed by atoms with van der Waals surface area (Å²) in [5, 5.41) is 91.5. The van der Waals surface area contributed by atoms with E-state index in [-0.39, 0.29) is 34.8 Å². The SMILES string of the molecule is Cc1ccc(C2=C(O[C@H]3O[C@H](CO[C@H]4O[C@H](CO)[C@@H](O)[C@H](O)[C@H]4O)[C@@H](O)[C@@H]3O)C(=O)c3c(O)cc(O)cc3C2)cc1O. The summed E-state index contributed by atoms with van der Waals surface area (Å²) >= 11 is 0. The van der Waals surface area contributed by atoms with Crippen LogP contribution in [0, 0.1) is 6.92 Å². The van der Waals surface area contributed by atoms with Crippen LogP contribution in [0.4, 0.5) is 0 Å². The Kier molecular flexibility index (Phi) is 8.44. The first kappa shape index (κ1) is 30.2. The number of rotatable bonds is 7. The van der Waals surface area contributed by atoms with E-state index in [1.54, 1.807) is 19.1 Å². The summed E-state index contributed by atoms with van der Waals surface area (Å²) in [6.07, 6.45) is -14.0. The highest BCUT2D eigenvalue weighted by Crippen LogP contribution is 2.41. The zero-order valence-corrected chi connectivity index (χ0v) is 22.3. The van der Waals surface area contributed by atoms with E-state index in [0.29, 0.717) is 16.7 Å². The van der Waals surface area contributed by atoms with Gasteiger partial charge in [0.25, 0.3) is 0 Å². The van der Waals surface area contributed by atoms with Crippen molar-refractivity contribution in [1.82, 2.24) is 0 Å². The number of phenols is 3. The van der Waals surface area contributed by atoms with Crippen LogP contribution in [-0.2, 0) is 25.4 Å². The molecule has 228 valence electrons. The van der Waals surface area contributed by atoms with Gasteiger partial charge < -0.3 is 64.9 Å². The molecule has 0 amide bonds. The predicted octanol–water partition coefficient (Wildman–Crippen LogP) is -1.46. The van der Waals surface area contributed by atoms with Gasteiger partial charge in [0, 0.05) is 18.1 Å². The Morgan fingerprint density at radius 1 is 0.833 bits per heavy atom. The van der Waals surface area contributed by atoms with Crippen LogP contribution >= 0.6 is 0 Å². The minimum Gasteiger partial charge on any atom is -0.508 e. The van der Waals surface area contributed by atoms with Gasteiger partial charge in [0.05, 0.1) is 18.8 Å². The van der Waals surface area contributed by atoms with Crippen LogP contribution in [-0.4, -0.2) is 120 Å². The molecule has 0 spiro atoms. The molecule has 2 fully saturated rings. The van der Waals surface area contributed by atoms with E-state index < -0.39 is 80.1 Å². The van der Waals surface area contributed by atoms with Crippen molar-refractivity contribution in [2.24, 2.45) is 0 Å². The number of carbonyl (C=O) groups is 1. The quantitative estimate of drug-likeness (QED) is 0.179. The van der Waals surface area contributed by atoms with E-state index in [1.165, 1.54) is 12.1 Å². The average molecular weight is 593 g/mol. The third-order valence-corrected chi connectivity index (χ3v) is 7.64. The second-order valence-electron chi connectivity index (χ2n) is 10.5. The van der Waals surface area contributed by atoms with Crippen molar-refractivity contribution in [3.8, 4) is 17.2 Å². The van der Waals surface area contributed by atoms with E-state index in [1.807, 2.05) is 0 Å². The monoisotopic (exact) mass is 592 g/mol. The zero-order chi connectivity index (χ0) is 30.5. The van der Waals surface area contributed by atoms with Gasteiger partial charge in [0.15, 0.2) is 12.0 Å². The van der Waals surface area contributed by atoms with Crippen molar-refractivity contribution in [3.05, 3.63) is 58.3 Å². The van der Waals surface area contributed by atoms with E-state index in [4.69, 9.17) is 18.9 Å². The number of aliphatic hydroxyl groups excluding tert-OH is 6. The molecule has 0 bridgehead atoms. The first-order valence-electron chi connectivity index (χ1n) is 13.1. The van der Waals surface area contributed by atoms with Crippen LogP contribution in [0.15, 0.2) is 36.1 Å². The summed E-state index contributed by atoms with van der Waals surface area (Å²) < 4.78 is 22.2. The Morgan fingerprint density at radius 3 is 2.19 bits per heavy atom. The smallest absolute Gasteiger partial charge is 0.232 e. The summed E-state index contributed by atoms with van der Waals surface area (Å²) in [6.45, 7) is 0.499. The molecule has 42 heavy (non-hydrogen) atoms. The van der Waals surface area contributed by atoms with Crippen molar-refractivity contribution < 1.29 is 69.7 Å². The number of benzene rings is 2. The predicted molar refractivity (Wildman–Crippen MR) is 139 cm³/mol. The number of Topliss-reactive ketones (excluding diaryl/α,β-unsaturated/α-hetero) is 1. The topological polar surface area (TPSA) is 236 Å². The molecule has 2 aliphatic heterocycles. The molecule has 3 aliphatic rings. The molecular weight excluding hydrogens is 560 g/mol. The van der Waals surface area contributed by atoms with Crippen LogP contribution in [0.3, 0.4) is 0 Å². The lowest BCUT2D eigenvalue weighted by Gasteiger charge is -2.39. The molecule has 9 atom stereocenters.